The number of nitrogens with one attached hydrogen (secondary N) is 2. The first kappa shape index (κ1) is 18.3. The molecular formula is C14H18N4O4S2. The molecule has 0 atom stereocenters. The minimum Gasteiger partial charge on any atom is -0.324 e. The van der Waals surface area contributed by atoms with Gasteiger partial charge >= 0.3 is 5.69 Å². The van der Waals surface area contributed by atoms with Gasteiger partial charge in [0, 0.05) is 12.8 Å². The Morgan fingerprint density at radius 1 is 1.38 bits per heavy atom. The second kappa shape index (κ2) is 7.67. The monoisotopic (exact) mass is 370 g/mol. The molecule has 0 fully saturated rings. The van der Waals surface area contributed by atoms with Crippen LogP contribution in [0.25, 0.3) is 0 Å². The minimum absolute atomic E-state index is 0.00606. The number of amides is 1. The fourth-order valence-electron chi connectivity index (χ4n) is 2.04. The molecule has 1 aromatic heterocycles. The number of anilines is 1. The largest absolute Gasteiger partial charge is 0.343 e. The van der Waals surface area contributed by atoms with E-state index in [9.17, 15) is 18.0 Å². The Morgan fingerprint density at radius 3 is 2.75 bits per heavy atom. The average Bonchev–Trinajstić information content (AvgIpc) is 2.86. The molecule has 2 aromatic rings. The highest BCUT2D eigenvalue weighted by molar-refractivity contribution is 7.99. The van der Waals surface area contributed by atoms with E-state index in [1.165, 1.54) is 16.7 Å². The van der Waals surface area contributed by atoms with Crippen LogP contribution in [0.15, 0.2) is 39.1 Å². The van der Waals surface area contributed by atoms with Crippen LogP contribution in [-0.4, -0.2) is 41.1 Å². The molecule has 0 spiro atoms. The lowest BCUT2D eigenvalue weighted by Gasteiger charge is -2.09. The number of hydrogen-bond acceptors (Lipinski definition) is 6. The summed E-state index contributed by atoms with van der Waals surface area (Å²) in [6.45, 7) is 2.44. The number of nitrogens with zero attached hydrogens (tertiary/aromatic N) is 2. The van der Waals surface area contributed by atoms with Gasteiger partial charge in [-0.25, -0.2) is 18.3 Å². The third kappa shape index (κ3) is 4.48. The number of benzene rings is 1. The normalized spacial score (nSPS) is 11.4. The highest BCUT2D eigenvalue weighted by atomic mass is 32.2. The predicted molar refractivity (Wildman–Crippen MR) is 92.0 cm³/mol. The molecule has 1 amide bonds. The molecule has 1 aromatic carbocycles. The molecule has 2 N–H and O–H groups in total. The van der Waals surface area contributed by atoms with Crippen molar-refractivity contribution in [3.8, 4) is 0 Å². The molecule has 0 saturated carbocycles. The zero-order chi connectivity index (χ0) is 17.7. The van der Waals surface area contributed by atoms with E-state index < -0.39 is 9.84 Å². The Kier molecular flexibility index (Phi) is 5.84. The molecule has 24 heavy (non-hydrogen) atoms. The smallest absolute Gasteiger partial charge is 0.324 e. The van der Waals surface area contributed by atoms with Gasteiger partial charge in [-0.05, 0) is 18.6 Å². The van der Waals surface area contributed by atoms with Crippen molar-refractivity contribution < 1.29 is 13.2 Å². The molecule has 0 radical (unpaired) electrons. The first-order valence-electron chi connectivity index (χ1n) is 7.20. The maximum atomic E-state index is 12.1. The number of carbonyl (C=O) groups is 1. The van der Waals surface area contributed by atoms with Crippen LogP contribution in [0.2, 0.25) is 0 Å². The SMILES string of the molecule is CCCn1c(SCC(=O)Nc2ccccc2S(C)(=O)=O)n[nH]c1=O. The van der Waals surface area contributed by atoms with Crippen molar-refractivity contribution >= 4 is 33.2 Å². The Labute approximate surface area is 143 Å². The molecule has 0 saturated heterocycles. The van der Waals surface area contributed by atoms with Gasteiger partial charge in [0.25, 0.3) is 0 Å². The summed E-state index contributed by atoms with van der Waals surface area (Å²) in [7, 11) is -3.44. The van der Waals surface area contributed by atoms with Gasteiger partial charge in [0.1, 0.15) is 0 Å². The van der Waals surface area contributed by atoms with Crippen LogP contribution in [-0.2, 0) is 21.2 Å². The highest BCUT2D eigenvalue weighted by Crippen LogP contribution is 2.21. The number of para-hydroxylation sites is 1. The van der Waals surface area contributed by atoms with Crippen LogP contribution in [0.3, 0.4) is 0 Å². The summed E-state index contributed by atoms with van der Waals surface area (Å²) < 4.78 is 24.9. The summed E-state index contributed by atoms with van der Waals surface area (Å²) in [6.07, 6.45) is 1.85. The van der Waals surface area contributed by atoms with Crippen LogP contribution in [0, 0.1) is 0 Å². The minimum atomic E-state index is -3.44. The maximum absolute atomic E-state index is 12.1. The van der Waals surface area contributed by atoms with Gasteiger partial charge in [0.15, 0.2) is 15.0 Å². The lowest BCUT2D eigenvalue weighted by atomic mass is 10.3. The van der Waals surface area contributed by atoms with Crippen molar-refractivity contribution in [2.24, 2.45) is 0 Å². The van der Waals surface area contributed by atoms with Crippen LogP contribution in [0.5, 0.6) is 0 Å². The predicted octanol–water partition coefficient (Wildman–Crippen LogP) is 1.12. The molecule has 10 heteroatoms. The number of thioether (sulfide) groups is 1. The van der Waals surface area contributed by atoms with Crippen LogP contribution in [0.1, 0.15) is 13.3 Å². The topological polar surface area (TPSA) is 114 Å². The average molecular weight is 370 g/mol. The number of H-pyrrole nitrogens is 1. The fraction of sp³-hybridized carbons (Fsp3) is 0.357. The number of carbonyl (C=O) groups excluding carboxylic acids is 1. The number of aromatic amines is 1. The Balaban J connectivity index is 2.07. The lowest BCUT2D eigenvalue weighted by molar-refractivity contribution is -0.113. The van der Waals surface area contributed by atoms with E-state index in [1.807, 2.05) is 6.92 Å². The molecule has 1 heterocycles. The molecule has 0 aliphatic carbocycles. The molecular weight excluding hydrogens is 352 g/mol. The highest BCUT2D eigenvalue weighted by Gasteiger charge is 2.15. The molecule has 2 rings (SSSR count). The first-order chi connectivity index (χ1) is 11.3. The van der Waals surface area contributed by atoms with E-state index >= 15 is 0 Å². The molecule has 0 aliphatic heterocycles. The van der Waals surface area contributed by atoms with Gasteiger partial charge in [-0.2, -0.15) is 0 Å². The van der Waals surface area contributed by atoms with Crippen molar-refractivity contribution in [3.63, 3.8) is 0 Å². The maximum Gasteiger partial charge on any atom is 0.343 e. The Bertz CT molecular complexity index is 886. The quantitative estimate of drug-likeness (QED) is 0.706. The molecule has 0 bridgehead atoms. The number of sulfone groups is 1. The zero-order valence-electron chi connectivity index (χ0n) is 13.3. The molecule has 8 nitrogen and oxygen atoms in total. The van der Waals surface area contributed by atoms with E-state index in [4.69, 9.17) is 0 Å². The molecule has 0 unspecified atom stereocenters. The summed E-state index contributed by atoms with van der Waals surface area (Å²) in [4.78, 5) is 23.7. The Hall–Kier alpha value is -2.07. The second-order valence-electron chi connectivity index (χ2n) is 5.07. The number of aromatic nitrogens is 3. The van der Waals surface area contributed by atoms with Crippen LogP contribution < -0.4 is 11.0 Å². The fourth-order valence-corrected chi connectivity index (χ4v) is 3.66. The third-order valence-corrected chi connectivity index (χ3v) is 5.19. The molecule has 130 valence electrons. The van der Waals surface area contributed by atoms with Gasteiger partial charge in [-0.15, -0.1) is 5.10 Å². The standard InChI is InChI=1S/C14H18N4O4S2/c1-3-8-18-13(20)16-17-14(18)23-9-12(19)15-10-6-4-5-7-11(10)24(2,21)22/h4-7H,3,8-9H2,1-2H3,(H,15,19)(H,16,20). The van der Waals surface area contributed by atoms with Gasteiger partial charge in [-0.1, -0.05) is 30.8 Å². The van der Waals surface area contributed by atoms with E-state index in [0.717, 1.165) is 24.4 Å². The van der Waals surface area contributed by atoms with Gasteiger partial charge in [0.05, 0.1) is 16.3 Å². The van der Waals surface area contributed by atoms with E-state index in [0.29, 0.717) is 11.7 Å². The second-order valence-corrected chi connectivity index (χ2v) is 7.99. The zero-order valence-corrected chi connectivity index (χ0v) is 14.9. The van der Waals surface area contributed by atoms with Crippen molar-refractivity contribution in [2.45, 2.75) is 29.9 Å². The lowest BCUT2D eigenvalue weighted by Crippen LogP contribution is -2.19. The van der Waals surface area contributed by atoms with Crippen molar-refractivity contribution in [1.82, 2.24) is 14.8 Å². The molecule has 0 aliphatic rings. The van der Waals surface area contributed by atoms with Crippen LogP contribution in [0.4, 0.5) is 5.69 Å². The summed E-state index contributed by atoms with van der Waals surface area (Å²) >= 11 is 1.11. The number of rotatable bonds is 7. The summed E-state index contributed by atoms with van der Waals surface area (Å²) in [6, 6.07) is 6.20. The van der Waals surface area contributed by atoms with Gasteiger partial charge in [0.2, 0.25) is 5.91 Å². The van der Waals surface area contributed by atoms with E-state index in [-0.39, 0.29) is 27.9 Å². The van der Waals surface area contributed by atoms with Crippen molar-refractivity contribution in [3.05, 3.63) is 34.7 Å². The van der Waals surface area contributed by atoms with Crippen molar-refractivity contribution in [1.29, 1.82) is 0 Å². The van der Waals surface area contributed by atoms with Crippen molar-refractivity contribution in [2.75, 3.05) is 17.3 Å². The Morgan fingerprint density at radius 2 is 2.08 bits per heavy atom. The number of hydrogen-bond donors (Lipinski definition) is 2. The van der Waals surface area contributed by atoms with Gasteiger partial charge < -0.3 is 5.32 Å². The summed E-state index contributed by atoms with van der Waals surface area (Å²) in [5.74, 6) is -0.374. The first-order valence-corrected chi connectivity index (χ1v) is 10.1. The van der Waals surface area contributed by atoms with E-state index in [2.05, 4.69) is 15.5 Å². The summed E-state index contributed by atoms with van der Waals surface area (Å²) in [5.41, 5.74) is -0.0826. The van der Waals surface area contributed by atoms with Crippen LogP contribution >= 0.6 is 11.8 Å². The summed E-state index contributed by atoms with van der Waals surface area (Å²) in [5, 5.41) is 9.24. The van der Waals surface area contributed by atoms with Gasteiger partial charge in [-0.3, -0.25) is 9.36 Å². The van der Waals surface area contributed by atoms with E-state index in [1.54, 1.807) is 12.1 Å². The third-order valence-electron chi connectivity index (χ3n) is 3.06.